The first-order chi connectivity index (χ1) is 8.61. The van der Waals surface area contributed by atoms with Crippen molar-refractivity contribution in [3.05, 3.63) is 34.9 Å². The second-order valence-corrected chi connectivity index (χ2v) is 4.97. The van der Waals surface area contributed by atoms with Gasteiger partial charge in [-0.3, -0.25) is 4.79 Å². The molecule has 1 unspecified atom stereocenters. The number of carbonyl (C=O) groups excluding carboxylic acids is 1. The molecule has 1 amide bonds. The molecule has 1 aliphatic rings. The number of rotatable bonds is 2. The van der Waals surface area contributed by atoms with Gasteiger partial charge in [0.05, 0.1) is 12.5 Å². The number of aryl methyl sites for hydroxylation is 2. The van der Waals surface area contributed by atoms with Gasteiger partial charge in [-0.25, -0.2) is 0 Å². The number of amides is 1. The Morgan fingerprint density at radius 2 is 2.22 bits per heavy atom. The SMILES string of the molecule is Cc1ccc(CC(=O)N2CCCC2C#N)cc1C. The van der Waals surface area contributed by atoms with E-state index in [-0.39, 0.29) is 11.9 Å². The van der Waals surface area contributed by atoms with Crippen LogP contribution in [0.3, 0.4) is 0 Å². The summed E-state index contributed by atoms with van der Waals surface area (Å²) in [6.07, 6.45) is 2.16. The molecule has 3 heteroatoms. The van der Waals surface area contributed by atoms with Gasteiger partial charge in [-0.05, 0) is 43.4 Å². The van der Waals surface area contributed by atoms with Crippen LogP contribution in [0.15, 0.2) is 18.2 Å². The summed E-state index contributed by atoms with van der Waals surface area (Å²) < 4.78 is 0. The predicted molar refractivity (Wildman–Crippen MR) is 70.0 cm³/mol. The number of hydrogen-bond donors (Lipinski definition) is 0. The predicted octanol–water partition coefficient (Wildman–Crippen LogP) is 2.36. The number of nitriles is 1. The average molecular weight is 242 g/mol. The smallest absolute Gasteiger partial charge is 0.228 e. The van der Waals surface area contributed by atoms with Crippen LogP contribution in [0.1, 0.15) is 29.5 Å². The summed E-state index contributed by atoms with van der Waals surface area (Å²) in [6, 6.07) is 8.09. The number of likely N-dealkylation sites (tertiary alicyclic amines) is 1. The van der Waals surface area contributed by atoms with Gasteiger partial charge in [0.15, 0.2) is 0 Å². The lowest BCUT2D eigenvalue weighted by molar-refractivity contribution is -0.130. The summed E-state index contributed by atoms with van der Waals surface area (Å²) in [4.78, 5) is 13.9. The first-order valence-electron chi connectivity index (χ1n) is 6.37. The van der Waals surface area contributed by atoms with Gasteiger partial charge in [-0.15, -0.1) is 0 Å². The maximum Gasteiger partial charge on any atom is 0.228 e. The zero-order valence-electron chi connectivity index (χ0n) is 10.9. The molecule has 0 saturated carbocycles. The molecule has 0 aliphatic carbocycles. The first kappa shape index (κ1) is 12.6. The molecule has 1 heterocycles. The molecule has 1 aromatic carbocycles. The zero-order valence-corrected chi connectivity index (χ0v) is 10.9. The molecule has 0 spiro atoms. The molecule has 0 aromatic heterocycles. The Morgan fingerprint density at radius 3 is 2.89 bits per heavy atom. The van der Waals surface area contributed by atoms with Crippen LogP contribution < -0.4 is 0 Å². The minimum absolute atomic E-state index is 0.0716. The van der Waals surface area contributed by atoms with Gasteiger partial charge >= 0.3 is 0 Å². The van der Waals surface area contributed by atoms with Gasteiger partial charge in [0, 0.05) is 6.54 Å². The molecule has 1 aromatic rings. The van der Waals surface area contributed by atoms with E-state index in [1.54, 1.807) is 4.90 Å². The quantitative estimate of drug-likeness (QED) is 0.799. The number of carbonyl (C=O) groups is 1. The van der Waals surface area contributed by atoms with Crippen LogP contribution in [0.4, 0.5) is 0 Å². The van der Waals surface area contributed by atoms with Crippen molar-refractivity contribution < 1.29 is 4.79 Å². The molecule has 0 bridgehead atoms. The second kappa shape index (κ2) is 5.22. The summed E-state index contributed by atoms with van der Waals surface area (Å²) in [6.45, 7) is 4.84. The van der Waals surface area contributed by atoms with Crippen molar-refractivity contribution >= 4 is 5.91 Å². The van der Waals surface area contributed by atoms with Crippen molar-refractivity contribution in [3.8, 4) is 6.07 Å². The lowest BCUT2D eigenvalue weighted by Gasteiger charge is -2.19. The van der Waals surface area contributed by atoms with Crippen molar-refractivity contribution in [2.45, 2.75) is 39.2 Å². The lowest BCUT2D eigenvalue weighted by atomic mass is 10.0. The van der Waals surface area contributed by atoms with E-state index in [0.717, 1.165) is 24.9 Å². The maximum absolute atomic E-state index is 12.2. The molecule has 1 atom stereocenters. The molecule has 1 fully saturated rings. The lowest BCUT2D eigenvalue weighted by Crippen LogP contribution is -2.35. The minimum Gasteiger partial charge on any atom is -0.326 e. The van der Waals surface area contributed by atoms with Gasteiger partial charge < -0.3 is 4.90 Å². The Kier molecular flexibility index (Phi) is 3.66. The van der Waals surface area contributed by atoms with E-state index in [4.69, 9.17) is 5.26 Å². The Bertz CT molecular complexity index is 502. The maximum atomic E-state index is 12.2. The van der Waals surface area contributed by atoms with Gasteiger partial charge in [0.1, 0.15) is 6.04 Å². The molecule has 0 N–H and O–H groups in total. The van der Waals surface area contributed by atoms with Gasteiger partial charge in [-0.2, -0.15) is 5.26 Å². The van der Waals surface area contributed by atoms with Crippen molar-refractivity contribution in [2.24, 2.45) is 0 Å². The summed E-state index contributed by atoms with van der Waals surface area (Å²) in [5.41, 5.74) is 3.48. The van der Waals surface area contributed by atoms with E-state index in [2.05, 4.69) is 26.0 Å². The number of nitrogens with zero attached hydrogens (tertiary/aromatic N) is 2. The van der Waals surface area contributed by atoms with Crippen LogP contribution in [-0.2, 0) is 11.2 Å². The topological polar surface area (TPSA) is 44.1 Å². The fourth-order valence-electron chi connectivity index (χ4n) is 2.39. The van der Waals surface area contributed by atoms with Crippen LogP contribution in [-0.4, -0.2) is 23.4 Å². The van der Waals surface area contributed by atoms with Crippen molar-refractivity contribution in [1.82, 2.24) is 4.90 Å². The largest absolute Gasteiger partial charge is 0.326 e. The van der Waals surface area contributed by atoms with Crippen molar-refractivity contribution in [3.63, 3.8) is 0 Å². The Balaban J connectivity index is 2.07. The molecular weight excluding hydrogens is 224 g/mol. The van der Waals surface area contributed by atoms with Crippen molar-refractivity contribution in [1.29, 1.82) is 5.26 Å². The third kappa shape index (κ3) is 2.53. The third-order valence-corrected chi connectivity index (χ3v) is 3.65. The zero-order chi connectivity index (χ0) is 13.1. The Labute approximate surface area is 108 Å². The molecule has 94 valence electrons. The molecule has 0 radical (unpaired) electrons. The third-order valence-electron chi connectivity index (χ3n) is 3.65. The van der Waals surface area contributed by atoms with E-state index >= 15 is 0 Å². The van der Waals surface area contributed by atoms with Crippen molar-refractivity contribution in [2.75, 3.05) is 6.54 Å². The van der Waals surface area contributed by atoms with E-state index in [0.29, 0.717) is 6.42 Å². The van der Waals surface area contributed by atoms with Crippen LogP contribution >= 0.6 is 0 Å². The summed E-state index contributed by atoms with van der Waals surface area (Å²) in [7, 11) is 0. The molecule has 1 saturated heterocycles. The standard InChI is InChI=1S/C15H18N2O/c1-11-5-6-13(8-12(11)2)9-15(18)17-7-3-4-14(17)10-16/h5-6,8,14H,3-4,7,9H2,1-2H3. The Morgan fingerprint density at radius 1 is 1.44 bits per heavy atom. The summed E-state index contributed by atoms with van der Waals surface area (Å²) in [5.74, 6) is 0.0716. The summed E-state index contributed by atoms with van der Waals surface area (Å²) in [5, 5.41) is 8.99. The van der Waals surface area contributed by atoms with Crippen LogP contribution in [0.5, 0.6) is 0 Å². The van der Waals surface area contributed by atoms with E-state index in [1.807, 2.05) is 12.1 Å². The number of hydrogen-bond acceptors (Lipinski definition) is 2. The first-order valence-corrected chi connectivity index (χ1v) is 6.37. The highest BCUT2D eigenvalue weighted by Gasteiger charge is 2.28. The highest BCUT2D eigenvalue weighted by atomic mass is 16.2. The fraction of sp³-hybridized carbons (Fsp3) is 0.467. The monoisotopic (exact) mass is 242 g/mol. The van der Waals surface area contributed by atoms with Crippen LogP contribution in [0, 0.1) is 25.2 Å². The average Bonchev–Trinajstić information content (AvgIpc) is 2.82. The molecule has 18 heavy (non-hydrogen) atoms. The summed E-state index contributed by atoms with van der Waals surface area (Å²) >= 11 is 0. The Hall–Kier alpha value is -1.82. The van der Waals surface area contributed by atoms with Gasteiger partial charge in [0.25, 0.3) is 0 Å². The van der Waals surface area contributed by atoms with E-state index in [1.165, 1.54) is 11.1 Å². The fourth-order valence-corrected chi connectivity index (χ4v) is 2.39. The van der Waals surface area contributed by atoms with Crippen LogP contribution in [0.25, 0.3) is 0 Å². The normalized spacial score (nSPS) is 18.7. The molecule has 3 nitrogen and oxygen atoms in total. The highest BCUT2D eigenvalue weighted by Crippen LogP contribution is 2.18. The van der Waals surface area contributed by atoms with Crippen LogP contribution in [0.2, 0.25) is 0 Å². The molecular formula is C15H18N2O. The number of benzene rings is 1. The highest BCUT2D eigenvalue weighted by molar-refractivity contribution is 5.79. The van der Waals surface area contributed by atoms with Gasteiger partial charge in [0.2, 0.25) is 5.91 Å². The minimum atomic E-state index is -0.218. The second-order valence-electron chi connectivity index (χ2n) is 4.97. The molecule has 1 aliphatic heterocycles. The molecule has 2 rings (SSSR count). The van der Waals surface area contributed by atoms with E-state index < -0.39 is 0 Å². The van der Waals surface area contributed by atoms with E-state index in [9.17, 15) is 4.79 Å². The van der Waals surface area contributed by atoms with Gasteiger partial charge in [-0.1, -0.05) is 18.2 Å².